The van der Waals surface area contributed by atoms with Crippen LogP contribution >= 0.6 is 22.9 Å². The highest BCUT2D eigenvalue weighted by molar-refractivity contribution is 7.17. The molecule has 0 amide bonds. The molecule has 0 aliphatic carbocycles. The average Bonchev–Trinajstić information content (AvgIpc) is 3.02. The third-order valence-corrected chi connectivity index (χ3v) is 4.40. The summed E-state index contributed by atoms with van der Waals surface area (Å²) in [5.41, 5.74) is -0.100. The highest BCUT2D eigenvalue weighted by Crippen LogP contribution is 2.32. The molecule has 0 fully saturated rings. The topological polar surface area (TPSA) is 42.0 Å². The van der Waals surface area contributed by atoms with Gasteiger partial charge in [-0.25, -0.2) is 4.98 Å². The van der Waals surface area contributed by atoms with E-state index >= 15 is 0 Å². The first-order chi connectivity index (χ1) is 11.8. The van der Waals surface area contributed by atoms with E-state index in [1.165, 1.54) is 18.3 Å². The van der Waals surface area contributed by atoms with Crippen molar-refractivity contribution in [3.05, 3.63) is 75.8 Å². The molecule has 1 N–H and O–H groups in total. The van der Waals surface area contributed by atoms with Gasteiger partial charge in [-0.1, -0.05) is 41.1 Å². The van der Waals surface area contributed by atoms with Gasteiger partial charge in [0.1, 0.15) is 0 Å². The van der Waals surface area contributed by atoms with E-state index in [9.17, 15) is 18.0 Å². The lowest BCUT2D eigenvalue weighted by atomic mass is 10.1. The van der Waals surface area contributed by atoms with Gasteiger partial charge in [-0.05, 0) is 30.3 Å². The van der Waals surface area contributed by atoms with Gasteiger partial charge >= 0.3 is 6.18 Å². The molecule has 2 aromatic carbocycles. The summed E-state index contributed by atoms with van der Waals surface area (Å²) in [6, 6.07) is 11.3. The summed E-state index contributed by atoms with van der Waals surface area (Å²) in [7, 11) is 0. The molecule has 128 valence electrons. The van der Waals surface area contributed by atoms with Crippen molar-refractivity contribution in [3.8, 4) is 0 Å². The van der Waals surface area contributed by atoms with Crippen LogP contribution in [0.5, 0.6) is 0 Å². The van der Waals surface area contributed by atoms with Gasteiger partial charge in [-0.15, -0.1) is 0 Å². The van der Waals surface area contributed by atoms with E-state index in [1.807, 2.05) is 0 Å². The Bertz CT molecular complexity index is 924. The Hall–Kier alpha value is -2.38. The van der Waals surface area contributed by atoms with E-state index in [0.717, 1.165) is 23.5 Å². The predicted molar refractivity (Wildman–Crippen MR) is 91.7 cm³/mol. The number of aromatic nitrogens is 1. The summed E-state index contributed by atoms with van der Waals surface area (Å²) >= 11 is 6.93. The largest absolute Gasteiger partial charge is 0.416 e. The summed E-state index contributed by atoms with van der Waals surface area (Å²) in [6.45, 7) is 0. The van der Waals surface area contributed by atoms with Crippen molar-refractivity contribution in [2.75, 3.05) is 5.32 Å². The molecule has 3 rings (SSSR count). The van der Waals surface area contributed by atoms with E-state index < -0.39 is 11.7 Å². The summed E-state index contributed by atoms with van der Waals surface area (Å²) in [5.74, 6) is -0.253. The van der Waals surface area contributed by atoms with Gasteiger partial charge in [-0.3, -0.25) is 4.79 Å². The molecule has 0 spiro atoms. The minimum Gasteiger partial charge on any atom is -0.332 e. The van der Waals surface area contributed by atoms with Crippen LogP contribution < -0.4 is 5.32 Å². The SMILES string of the molecule is O=C(c1cccc(Cl)c1)c1cnc(Nc2cccc(C(F)(F)F)c2)s1. The number of rotatable bonds is 4. The number of hydrogen-bond donors (Lipinski definition) is 1. The second-order valence-electron chi connectivity index (χ2n) is 5.07. The molecule has 0 unspecified atom stereocenters. The molecule has 0 saturated heterocycles. The fourth-order valence-corrected chi connectivity index (χ4v) is 3.09. The molecule has 0 saturated carbocycles. The molecule has 1 aromatic heterocycles. The van der Waals surface area contributed by atoms with Crippen LogP contribution in [0.3, 0.4) is 0 Å². The number of nitrogens with one attached hydrogen (secondary N) is 1. The molecule has 3 nitrogen and oxygen atoms in total. The summed E-state index contributed by atoms with van der Waals surface area (Å²) in [4.78, 5) is 16.8. The fourth-order valence-electron chi connectivity index (χ4n) is 2.11. The molecule has 0 aliphatic rings. The minimum absolute atomic E-state index is 0.242. The smallest absolute Gasteiger partial charge is 0.332 e. The summed E-state index contributed by atoms with van der Waals surface area (Å²) in [5, 5.41) is 3.55. The fraction of sp³-hybridized carbons (Fsp3) is 0.0588. The van der Waals surface area contributed by atoms with Crippen LogP contribution in [0.25, 0.3) is 0 Å². The summed E-state index contributed by atoms with van der Waals surface area (Å²) < 4.78 is 38.2. The van der Waals surface area contributed by atoms with Crippen LogP contribution in [0.2, 0.25) is 5.02 Å². The maximum atomic E-state index is 12.7. The maximum absolute atomic E-state index is 12.7. The number of benzene rings is 2. The molecule has 0 radical (unpaired) electrons. The molecule has 0 aliphatic heterocycles. The first-order valence-corrected chi connectivity index (χ1v) is 8.23. The molecule has 25 heavy (non-hydrogen) atoms. The Balaban J connectivity index is 1.79. The lowest BCUT2D eigenvalue weighted by Crippen LogP contribution is -2.05. The Morgan fingerprint density at radius 3 is 2.60 bits per heavy atom. The molecule has 8 heteroatoms. The lowest BCUT2D eigenvalue weighted by molar-refractivity contribution is -0.137. The molecular weight excluding hydrogens is 373 g/mol. The number of thiazole rings is 1. The van der Waals surface area contributed by atoms with Crippen molar-refractivity contribution in [2.24, 2.45) is 0 Å². The highest BCUT2D eigenvalue weighted by Gasteiger charge is 2.30. The number of halogens is 4. The van der Waals surface area contributed by atoms with Crippen molar-refractivity contribution in [1.29, 1.82) is 0 Å². The zero-order valence-electron chi connectivity index (χ0n) is 12.5. The van der Waals surface area contributed by atoms with E-state index in [0.29, 0.717) is 20.6 Å². The third kappa shape index (κ3) is 4.18. The zero-order chi connectivity index (χ0) is 18.0. The van der Waals surface area contributed by atoms with Crippen molar-refractivity contribution in [3.63, 3.8) is 0 Å². The molecule has 0 atom stereocenters. The number of nitrogens with zero attached hydrogens (tertiary/aromatic N) is 1. The first kappa shape index (κ1) is 17.4. The van der Waals surface area contributed by atoms with E-state index in [-0.39, 0.29) is 11.5 Å². The monoisotopic (exact) mass is 382 g/mol. The average molecular weight is 383 g/mol. The van der Waals surface area contributed by atoms with Crippen LogP contribution in [-0.2, 0) is 6.18 Å². The van der Waals surface area contributed by atoms with Crippen LogP contribution in [0.1, 0.15) is 20.8 Å². The van der Waals surface area contributed by atoms with Gasteiger partial charge in [-0.2, -0.15) is 13.2 Å². The lowest BCUT2D eigenvalue weighted by Gasteiger charge is -2.08. The second kappa shape index (κ2) is 6.85. The van der Waals surface area contributed by atoms with Gasteiger partial charge in [0.25, 0.3) is 0 Å². The molecule has 0 bridgehead atoms. The normalized spacial score (nSPS) is 11.4. The van der Waals surface area contributed by atoms with Gasteiger partial charge in [0.2, 0.25) is 5.78 Å². The van der Waals surface area contributed by atoms with Crippen molar-refractivity contribution in [2.45, 2.75) is 6.18 Å². The van der Waals surface area contributed by atoms with Crippen LogP contribution in [0.4, 0.5) is 24.0 Å². The first-order valence-electron chi connectivity index (χ1n) is 7.03. The number of anilines is 2. The van der Waals surface area contributed by atoms with E-state index in [4.69, 9.17) is 11.6 Å². The molecule has 3 aromatic rings. The summed E-state index contributed by atoms with van der Waals surface area (Å²) in [6.07, 6.45) is -3.04. The number of ketones is 1. The van der Waals surface area contributed by atoms with Gasteiger partial charge in [0, 0.05) is 16.3 Å². The Labute approximate surface area is 150 Å². The van der Waals surface area contributed by atoms with Crippen molar-refractivity contribution < 1.29 is 18.0 Å². The number of alkyl halides is 3. The van der Waals surface area contributed by atoms with E-state index in [1.54, 1.807) is 24.3 Å². The third-order valence-electron chi connectivity index (χ3n) is 3.26. The molecule has 1 heterocycles. The maximum Gasteiger partial charge on any atom is 0.416 e. The van der Waals surface area contributed by atoms with Crippen molar-refractivity contribution >= 4 is 39.5 Å². The Morgan fingerprint density at radius 2 is 1.88 bits per heavy atom. The van der Waals surface area contributed by atoms with Crippen LogP contribution in [-0.4, -0.2) is 10.8 Å². The minimum atomic E-state index is -4.42. The number of hydrogen-bond acceptors (Lipinski definition) is 4. The second-order valence-corrected chi connectivity index (χ2v) is 6.54. The number of carbonyl (C=O) groups is 1. The zero-order valence-corrected chi connectivity index (χ0v) is 14.0. The highest BCUT2D eigenvalue weighted by atomic mass is 35.5. The van der Waals surface area contributed by atoms with Gasteiger partial charge in [0.15, 0.2) is 5.13 Å². The standard InChI is InChI=1S/C17H10ClF3N2OS/c18-12-5-1-3-10(7-12)15(24)14-9-22-16(25-14)23-13-6-2-4-11(8-13)17(19,20)21/h1-9H,(H,22,23). The van der Waals surface area contributed by atoms with Crippen LogP contribution in [0, 0.1) is 0 Å². The Morgan fingerprint density at radius 1 is 1.12 bits per heavy atom. The molecular formula is C17H10ClF3N2OS. The van der Waals surface area contributed by atoms with E-state index in [2.05, 4.69) is 10.3 Å². The quantitative estimate of drug-likeness (QED) is 0.581. The van der Waals surface area contributed by atoms with Crippen LogP contribution in [0.15, 0.2) is 54.7 Å². The van der Waals surface area contributed by atoms with Gasteiger partial charge < -0.3 is 5.32 Å². The Kier molecular flexibility index (Phi) is 4.78. The predicted octanol–water partition coefficient (Wildman–Crippen LogP) is 5.79. The van der Waals surface area contributed by atoms with Gasteiger partial charge in [0.05, 0.1) is 16.6 Å². The van der Waals surface area contributed by atoms with Crippen molar-refractivity contribution in [1.82, 2.24) is 4.98 Å². The number of carbonyl (C=O) groups excluding carboxylic acids is 1.